The van der Waals surface area contributed by atoms with Crippen LogP contribution in [-0.2, 0) is 12.8 Å². The Labute approximate surface area is 182 Å². The zero-order chi connectivity index (χ0) is 19.9. The highest BCUT2D eigenvalue weighted by molar-refractivity contribution is 7.13. The second-order valence-electron chi connectivity index (χ2n) is 7.98. The molecule has 0 aliphatic rings. The second kappa shape index (κ2) is 15.0. The SMILES string of the molecule is CCCCCCCCc1ccc(/C=C/c2ccc(CCCCCCCC)s2)s1. The van der Waals surface area contributed by atoms with Crippen LogP contribution in [0.4, 0.5) is 0 Å². The summed E-state index contributed by atoms with van der Waals surface area (Å²) >= 11 is 3.94. The van der Waals surface area contributed by atoms with Crippen molar-refractivity contribution in [1.29, 1.82) is 0 Å². The van der Waals surface area contributed by atoms with Gasteiger partial charge in [-0.05, 0) is 62.1 Å². The Balaban J connectivity index is 1.65. The molecule has 2 heterocycles. The van der Waals surface area contributed by atoms with Crippen molar-refractivity contribution in [3.8, 4) is 0 Å². The van der Waals surface area contributed by atoms with Crippen molar-refractivity contribution in [2.75, 3.05) is 0 Å². The molecule has 2 aromatic heterocycles. The van der Waals surface area contributed by atoms with Crippen LogP contribution in [0.15, 0.2) is 24.3 Å². The highest BCUT2D eigenvalue weighted by Crippen LogP contribution is 2.24. The van der Waals surface area contributed by atoms with Gasteiger partial charge < -0.3 is 0 Å². The lowest BCUT2D eigenvalue weighted by atomic mass is 10.1. The van der Waals surface area contributed by atoms with E-state index in [2.05, 4.69) is 50.3 Å². The highest BCUT2D eigenvalue weighted by Gasteiger charge is 2.01. The quantitative estimate of drug-likeness (QED) is 0.239. The van der Waals surface area contributed by atoms with Crippen molar-refractivity contribution in [3.05, 3.63) is 43.8 Å². The van der Waals surface area contributed by atoms with Crippen molar-refractivity contribution in [2.24, 2.45) is 0 Å². The molecule has 0 amide bonds. The van der Waals surface area contributed by atoms with Crippen LogP contribution in [0.1, 0.15) is 110 Å². The molecule has 0 bridgehead atoms. The molecule has 0 N–H and O–H groups in total. The van der Waals surface area contributed by atoms with E-state index in [1.807, 2.05) is 22.7 Å². The lowest BCUT2D eigenvalue weighted by Crippen LogP contribution is -1.82. The van der Waals surface area contributed by atoms with Gasteiger partial charge in [0, 0.05) is 19.5 Å². The topological polar surface area (TPSA) is 0 Å². The molecule has 0 nitrogen and oxygen atoms in total. The molecule has 0 fully saturated rings. The Bertz CT molecular complexity index is 591. The normalized spacial score (nSPS) is 11.6. The van der Waals surface area contributed by atoms with Gasteiger partial charge in [0.15, 0.2) is 0 Å². The minimum Gasteiger partial charge on any atom is -0.141 e. The monoisotopic (exact) mass is 416 g/mol. The fourth-order valence-corrected chi connectivity index (χ4v) is 5.48. The van der Waals surface area contributed by atoms with Gasteiger partial charge in [-0.1, -0.05) is 78.1 Å². The molecule has 0 aliphatic heterocycles. The van der Waals surface area contributed by atoms with Crippen LogP contribution in [0, 0.1) is 0 Å². The molecule has 2 rings (SSSR count). The second-order valence-corrected chi connectivity index (χ2v) is 10.4. The average Bonchev–Trinajstić information content (AvgIpc) is 3.35. The van der Waals surface area contributed by atoms with Crippen LogP contribution in [-0.4, -0.2) is 0 Å². The summed E-state index contributed by atoms with van der Waals surface area (Å²) in [4.78, 5) is 5.88. The van der Waals surface area contributed by atoms with Gasteiger partial charge in [0.2, 0.25) is 0 Å². The van der Waals surface area contributed by atoms with Crippen LogP contribution in [0.3, 0.4) is 0 Å². The van der Waals surface area contributed by atoms with Crippen LogP contribution in [0.5, 0.6) is 0 Å². The third-order valence-corrected chi connectivity index (χ3v) is 7.55. The highest BCUT2D eigenvalue weighted by atomic mass is 32.1. The molecule has 0 aromatic carbocycles. The van der Waals surface area contributed by atoms with Crippen LogP contribution in [0.25, 0.3) is 12.2 Å². The lowest BCUT2D eigenvalue weighted by Gasteiger charge is -1.99. The van der Waals surface area contributed by atoms with Gasteiger partial charge in [0.1, 0.15) is 0 Å². The Hall–Kier alpha value is -0.860. The maximum absolute atomic E-state index is 2.33. The summed E-state index contributed by atoms with van der Waals surface area (Å²) in [5, 5.41) is 0. The molecule has 0 saturated heterocycles. The summed E-state index contributed by atoms with van der Waals surface area (Å²) in [7, 11) is 0. The molecule has 28 heavy (non-hydrogen) atoms. The first kappa shape index (κ1) is 23.4. The van der Waals surface area contributed by atoms with Crippen LogP contribution in [0.2, 0.25) is 0 Å². The van der Waals surface area contributed by atoms with Gasteiger partial charge in [0.05, 0.1) is 0 Å². The van der Waals surface area contributed by atoms with Gasteiger partial charge in [-0.2, -0.15) is 0 Å². The molecule has 156 valence electrons. The van der Waals surface area contributed by atoms with Gasteiger partial charge in [-0.3, -0.25) is 0 Å². The number of rotatable bonds is 16. The number of thiophene rings is 2. The molecule has 0 radical (unpaired) electrons. The number of aryl methyl sites for hydroxylation is 2. The van der Waals surface area contributed by atoms with E-state index in [4.69, 9.17) is 0 Å². The summed E-state index contributed by atoms with van der Waals surface area (Å²) in [6.07, 6.45) is 23.7. The summed E-state index contributed by atoms with van der Waals surface area (Å²) < 4.78 is 0. The largest absolute Gasteiger partial charge is 0.141 e. The van der Waals surface area contributed by atoms with Gasteiger partial charge in [-0.25, -0.2) is 0 Å². The predicted molar refractivity (Wildman–Crippen MR) is 132 cm³/mol. The Morgan fingerprint density at radius 3 is 1.36 bits per heavy atom. The third kappa shape index (κ3) is 10.1. The molecule has 0 aliphatic carbocycles. The minimum absolute atomic E-state index is 1.26. The molecule has 0 unspecified atom stereocenters. The first-order valence-electron chi connectivity index (χ1n) is 11.7. The summed E-state index contributed by atoms with van der Waals surface area (Å²) in [5.41, 5.74) is 0. The van der Waals surface area contributed by atoms with E-state index in [1.165, 1.54) is 99.6 Å². The first-order chi connectivity index (χ1) is 13.8. The fraction of sp³-hybridized carbons (Fsp3) is 0.615. The lowest BCUT2D eigenvalue weighted by molar-refractivity contribution is 0.609. The summed E-state index contributed by atoms with van der Waals surface area (Å²) in [5.74, 6) is 0. The first-order valence-corrected chi connectivity index (χ1v) is 13.3. The molecular weight excluding hydrogens is 376 g/mol. The summed E-state index contributed by atoms with van der Waals surface area (Å²) in [6, 6.07) is 9.24. The maximum Gasteiger partial charge on any atom is 0.0273 e. The molecular formula is C26H40S2. The third-order valence-electron chi connectivity index (χ3n) is 5.33. The Kier molecular flexibility index (Phi) is 12.6. The molecule has 0 saturated carbocycles. The predicted octanol–water partition coefficient (Wildman–Crippen LogP) is 9.79. The Morgan fingerprint density at radius 1 is 0.536 bits per heavy atom. The van der Waals surface area contributed by atoms with Gasteiger partial charge in [-0.15, -0.1) is 22.7 Å². The fourth-order valence-electron chi connectivity index (χ4n) is 3.56. The van der Waals surface area contributed by atoms with E-state index in [-0.39, 0.29) is 0 Å². The number of hydrogen-bond donors (Lipinski definition) is 0. The maximum atomic E-state index is 2.33. The van der Waals surface area contributed by atoms with Crippen molar-refractivity contribution in [2.45, 2.75) is 104 Å². The van der Waals surface area contributed by atoms with Crippen molar-refractivity contribution >= 4 is 34.8 Å². The van der Waals surface area contributed by atoms with Gasteiger partial charge in [0.25, 0.3) is 0 Å². The van der Waals surface area contributed by atoms with E-state index in [0.717, 1.165) is 0 Å². The minimum atomic E-state index is 1.26. The molecule has 0 spiro atoms. The van der Waals surface area contributed by atoms with E-state index < -0.39 is 0 Å². The molecule has 2 heteroatoms. The van der Waals surface area contributed by atoms with E-state index in [1.54, 1.807) is 9.75 Å². The van der Waals surface area contributed by atoms with E-state index in [0.29, 0.717) is 0 Å². The Morgan fingerprint density at radius 2 is 0.929 bits per heavy atom. The smallest absolute Gasteiger partial charge is 0.0273 e. The van der Waals surface area contributed by atoms with Crippen molar-refractivity contribution < 1.29 is 0 Å². The molecule has 2 aromatic rings. The zero-order valence-corrected chi connectivity index (χ0v) is 19.8. The zero-order valence-electron chi connectivity index (χ0n) is 18.2. The number of hydrogen-bond acceptors (Lipinski definition) is 2. The van der Waals surface area contributed by atoms with Crippen molar-refractivity contribution in [3.63, 3.8) is 0 Å². The standard InChI is InChI=1S/C26H40S2/c1-3-5-7-9-11-13-15-23-17-19-25(27-23)21-22-26-20-18-24(28-26)16-14-12-10-8-6-4-2/h17-22H,3-16H2,1-2H3/b22-21+. The van der Waals surface area contributed by atoms with Gasteiger partial charge >= 0.3 is 0 Å². The summed E-state index contributed by atoms with van der Waals surface area (Å²) in [6.45, 7) is 4.57. The van der Waals surface area contributed by atoms with Crippen LogP contribution >= 0.6 is 22.7 Å². The van der Waals surface area contributed by atoms with E-state index in [9.17, 15) is 0 Å². The van der Waals surface area contributed by atoms with Crippen LogP contribution < -0.4 is 0 Å². The van der Waals surface area contributed by atoms with Crippen molar-refractivity contribution in [1.82, 2.24) is 0 Å². The average molecular weight is 417 g/mol. The van der Waals surface area contributed by atoms with E-state index >= 15 is 0 Å². The molecule has 0 atom stereocenters. The number of unbranched alkanes of at least 4 members (excludes halogenated alkanes) is 10.